The van der Waals surface area contributed by atoms with Gasteiger partial charge in [0.25, 0.3) is 0 Å². The van der Waals surface area contributed by atoms with Crippen LogP contribution in [0.15, 0.2) is 30.3 Å². The van der Waals surface area contributed by atoms with Crippen molar-refractivity contribution in [3.63, 3.8) is 0 Å². The van der Waals surface area contributed by atoms with Crippen molar-refractivity contribution in [1.82, 2.24) is 0 Å². The van der Waals surface area contributed by atoms with Gasteiger partial charge in [0, 0.05) is 22.4 Å². The van der Waals surface area contributed by atoms with Crippen LogP contribution in [0.3, 0.4) is 0 Å². The van der Waals surface area contributed by atoms with E-state index in [1.54, 1.807) is 0 Å². The molecule has 2 nitrogen and oxygen atoms in total. The van der Waals surface area contributed by atoms with Gasteiger partial charge in [-0.1, -0.05) is 30.3 Å². The van der Waals surface area contributed by atoms with E-state index in [0.717, 1.165) is 5.56 Å². The molecule has 0 aliphatic rings. The van der Waals surface area contributed by atoms with Crippen molar-refractivity contribution < 1.29 is 22.4 Å². The van der Waals surface area contributed by atoms with E-state index in [9.17, 15) is 0 Å². The molecule has 1 rings (SSSR count). The van der Waals surface area contributed by atoms with Crippen LogP contribution in [0, 0.1) is 0 Å². The van der Waals surface area contributed by atoms with Crippen LogP contribution >= 0.6 is 0 Å². The summed E-state index contributed by atoms with van der Waals surface area (Å²) in [6.07, 6.45) is -0.341. The minimum absolute atomic E-state index is 0. The van der Waals surface area contributed by atoms with Gasteiger partial charge in [-0.05, 0) is 5.56 Å². The molecule has 4 N–H and O–H groups in total. The first-order valence-electron chi connectivity index (χ1n) is 2.87. The Bertz CT molecular complexity index is 174. The summed E-state index contributed by atoms with van der Waals surface area (Å²) in [6.45, 7) is 0. The molecular weight excluding hydrogens is 220 g/mol. The van der Waals surface area contributed by atoms with E-state index in [1.807, 2.05) is 30.3 Å². The van der Waals surface area contributed by atoms with E-state index in [4.69, 9.17) is 11.5 Å². The van der Waals surface area contributed by atoms with E-state index in [1.165, 1.54) is 0 Å². The van der Waals surface area contributed by atoms with Gasteiger partial charge in [-0.25, -0.2) is 0 Å². The molecule has 0 saturated heterocycles. The van der Waals surface area contributed by atoms with Gasteiger partial charge < -0.3 is 11.5 Å². The second kappa shape index (κ2) is 4.66. The third kappa shape index (κ3) is 2.64. The average molecular weight is 230 g/mol. The molecule has 0 aromatic heterocycles. The fourth-order valence-electron chi connectivity index (χ4n) is 0.675. The molecule has 0 saturated carbocycles. The minimum Gasteiger partial charge on any atom is -0.312 e. The Morgan fingerprint density at radius 1 is 1.00 bits per heavy atom. The van der Waals surface area contributed by atoms with Crippen LogP contribution in [0.25, 0.3) is 0 Å². The maximum absolute atomic E-state index is 5.39. The zero-order valence-corrected chi connectivity index (χ0v) is 6.90. The summed E-state index contributed by atoms with van der Waals surface area (Å²) in [5, 5.41) is 0. The number of nitrogens with two attached hydrogens (primary N) is 2. The van der Waals surface area contributed by atoms with Crippen LogP contribution < -0.4 is 11.5 Å². The fraction of sp³-hybridized carbons (Fsp3) is 0.143. The third-order valence-corrected chi connectivity index (χ3v) is 1.18. The smallest absolute Gasteiger partial charge is 0.0784 e. The molecule has 59 valence electrons. The van der Waals surface area contributed by atoms with Gasteiger partial charge in [0.05, 0.1) is 6.17 Å². The summed E-state index contributed by atoms with van der Waals surface area (Å²) in [6, 6.07) is 9.59. The van der Waals surface area contributed by atoms with E-state index >= 15 is 0 Å². The van der Waals surface area contributed by atoms with Crippen molar-refractivity contribution in [2.75, 3.05) is 0 Å². The quantitative estimate of drug-likeness (QED) is 0.548. The number of hydrogen-bond donors (Lipinski definition) is 2. The number of rotatable bonds is 1. The first-order chi connectivity index (χ1) is 4.30. The Morgan fingerprint density at radius 3 is 1.80 bits per heavy atom. The molecule has 0 aliphatic heterocycles. The zero-order valence-electron chi connectivity index (χ0n) is 5.42. The number of hydrogen-bond acceptors (Lipinski definition) is 2. The van der Waals surface area contributed by atoms with E-state index < -0.39 is 0 Å². The largest absolute Gasteiger partial charge is 0.312 e. The fourth-order valence-corrected chi connectivity index (χ4v) is 0.675. The Labute approximate surface area is 76.1 Å². The van der Waals surface area contributed by atoms with Gasteiger partial charge >= 0.3 is 0 Å². The van der Waals surface area contributed by atoms with E-state index in [-0.39, 0.29) is 28.5 Å². The molecule has 0 bridgehead atoms. The maximum Gasteiger partial charge on any atom is 0.0784 e. The predicted octanol–water partition coefficient (Wildman–Crippen LogP) is 0.600. The molecular formula is C7H10AgN2. The molecule has 0 unspecified atom stereocenters. The SMILES string of the molecule is NC(N)c1ccccc1.[Ag]. The van der Waals surface area contributed by atoms with Crippen LogP contribution in [-0.4, -0.2) is 0 Å². The standard InChI is InChI=1S/C7H10N2.Ag/c8-7(9)6-4-2-1-3-5-6;/h1-5,7H,8-9H2;. The van der Waals surface area contributed by atoms with Crippen molar-refractivity contribution in [3.05, 3.63) is 35.9 Å². The van der Waals surface area contributed by atoms with Crippen molar-refractivity contribution in [2.45, 2.75) is 6.17 Å². The molecule has 0 heterocycles. The molecule has 1 aromatic carbocycles. The van der Waals surface area contributed by atoms with Gasteiger partial charge in [0.1, 0.15) is 0 Å². The summed E-state index contributed by atoms with van der Waals surface area (Å²) in [7, 11) is 0. The molecule has 0 aliphatic carbocycles. The molecule has 0 atom stereocenters. The molecule has 1 aromatic rings. The van der Waals surface area contributed by atoms with Crippen LogP contribution in [0.4, 0.5) is 0 Å². The van der Waals surface area contributed by atoms with Crippen LogP contribution in [-0.2, 0) is 22.4 Å². The first kappa shape index (κ1) is 9.88. The van der Waals surface area contributed by atoms with Crippen molar-refractivity contribution >= 4 is 0 Å². The summed E-state index contributed by atoms with van der Waals surface area (Å²) in [5.74, 6) is 0. The molecule has 0 amide bonds. The molecule has 0 spiro atoms. The topological polar surface area (TPSA) is 52.0 Å². The van der Waals surface area contributed by atoms with Gasteiger partial charge in [-0.3, -0.25) is 0 Å². The maximum atomic E-state index is 5.39. The average Bonchev–Trinajstić information content (AvgIpc) is 1.90. The Morgan fingerprint density at radius 2 is 1.50 bits per heavy atom. The van der Waals surface area contributed by atoms with E-state index in [2.05, 4.69) is 0 Å². The van der Waals surface area contributed by atoms with Gasteiger partial charge in [0.2, 0.25) is 0 Å². The zero-order chi connectivity index (χ0) is 6.69. The van der Waals surface area contributed by atoms with Crippen molar-refractivity contribution in [1.29, 1.82) is 0 Å². The van der Waals surface area contributed by atoms with Gasteiger partial charge in [-0.2, -0.15) is 0 Å². The minimum atomic E-state index is -0.341. The van der Waals surface area contributed by atoms with E-state index in [0.29, 0.717) is 0 Å². The summed E-state index contributed by atoms with van der Waals surface area (Å²) in [4.78, 5) is 0. The predicted molar refractivity (Wildman–Crippen MR) is 37.6 cm³/mol. The van der Waals surface area contributed by atoms with Crippen LogP contribution in [0.5, 0.6) is 0 Å². The second-order valence-electron chi connectivity index (χ2n) is 1.94. The monoisotopic (exact) mass is 229 g/mol. The third-order valence-electron chi connectivity index (χ3n) is 1.18. The molecule has 3 heteroatoms. The second-order valence-corrected chi connectivity index (χ2v) is 1.94. The number of benzene rings is 1. The molecule has 10 heavy (non-hydrogen) atoms. The Hall–Kier alpha value is -0.120. The van der Waals surface area contributed by atoms with Crippen molar-refractivity contribution in [2.24, 2.45) is 11.5 Å². The summed E-state index contributed by atoms with van der Waals surface area (Å²) in [5.41, 5.74) is 11.8. The Balaban J connectivity index is 0.000000810. The van der Waals surface area contributed by atoms with Gasteiger partial charge in [-0.15, -0.1) is 0 Å². The van der Waals surface area contributed by atoms with Crippen LogP contribution in [0.1, 0.15) is 11.7 Å². The summed E-state index contributed by atoms with van der Waals surface area (Å²) >= 11 is 0. The first-order valence-corrected chi connectivity index (χ1v) is 2.87. The molecule has 0 fully saturated rings. The Kier molecular flexibility index (Phi) is 4.60. The normalized spacial score (nSPS) is 9.10. The molecule has 1 radical (unpaired) electrons. The van der Waals surface area contributed by atoms with Crippen LogP contribution in [0.2, 0.25) is 0 Å². The van der Waals surface area contributed by atoms with Gasteiger partial charge in [0.15, 0.2) is 0 Å². The van der Waals surface area contributed by atoms with Crippen molar-refractivity contribution in [3.8, 4) is 0 Å². The summed E-state index contributed by atoms with van der Waals surface area (Å²) < 4.78 is 0.